The fourth-order valence-electron chi connectivity index (χ4n) is 4.95. The number of hydrogen-bond acceptors (Lipinski definition) is 9. The van der Waals surface area contributed by atoms with Gasteiger partial charge in [-0.05, 0) is 52.6 Å². The number of H-pyrrole nitrogens is 1. The van der Waals surface area contributed by atoms with Crippen LogP contribution in [0.5, 0.6) is 0 Å². The number of aromatic nitrogens is 4. The van der Waals surface area contributed by atoms with Crippen molar-refractivity contribution in [3.63, 3.8) is 0 Å². The van der Waals surface area contributed by atoms with Crippen LogP contribution in [-0.2, 0) is 22.7 Å². The second-order valence-corrected chi connectivity index (χ2v) is 12.3. The number of aliphatic hydroxyl groups is 2. The molecule has 0 saturated carbocycles. The molecule has 5 rings (SSSR count). The quantitative estimate of drug-likeness (QED) is 0.174. The summed E-state index contributed by atoms with van der Waals surface area (Å²) < 4.78 is 0. The first-order valence-corrected chi connectivity index (χ1v) is 14.9. The van der Waals surface area contributed by atoms with E-state index in [2.05, 4.69) is 31.3 Å². The lowest BCUT2D eigenvalue weighted by atomic mass is 9.98. The molecule has 5 N–H and O–H groups in total. The molecule has 2 amide bonds. The molecule has 0 unspecified atom stereocenters. The zero-order chi connectivity index (χ0) is 30.4. The van der Waals surface area contributed by atoms with E-state index >= 15 is 0 Å². The molecule has 1 aromatic heterocycles. The van der Waals surface area contributed by atoms with Gasteiger partial charge in [-0.1, -0.05) is 78.5 Å². The van der Waals surface area contributed by atoms with E-state index in [1.165, 1.54) is 11.8 Å². The number of nitrogens with one attached hydrogen (secondary N) is 3. The molecule has 224 valence electrons. The van der Waals surface area contributed by atoms with E-state index in [4.69, 9.17) is 5.11 Å². The van der Waals surface area contributed by atoms with E-state index in [-0.39, 0.29) is 31.4 Å². The molecule has 3 aromatic carbocycles. The van der Waals surface area contributed by atoms with Gasteiger partial charge in [0.2, 0.25) is 5.91 Å². The number of carbonyl (C=O) groups excluding carboxylic acids is 2. The van der Waals surface area contributed by atoms with E-state index in [0.29, 0.717) is 18.9 Å². The number of fused-ring (bicyclic) bond motifs is 1. The molecule has 2 atom stereocenters. The number of nitrogens with zero attached hydrogens (tertiary/aromatic N) is 4. The van der Waals surface area contributed by atoms with Crippen LogP contribution in [0.25, 0.3) is 22.5 Å². The van der Waals surface area contributed by atoms with Crippen molar-refractivity contribution in [2.75, 3.05) is 13.2 Å². The maximum atomic E-state index is 13.8. The first-order chi connectivity index (χ1) is 20.7. The largest absolute Gasteiger partial charge is 0.394 e. The van der Waals surface area contributed by atoms with Gasteiger partial charge in [-0.3, -0.25) is 9.59 Å². The first kappa shape index (κ1) is 30.4. The number of tetrazole rings is 1. The Morgan fingerprint density at radius 3 is 2.53 bits per heavy atom. The summed E-state index contributed by atoms with van der Waals surface area (Å²) in [5, 5.41) is 38.3. The third kappa shape index (κ3) is 7.65. The van der Waals surface area contributed by atoms with Crippen molar-refractivity contribution in [3.05, 3.63) is 83.9 Å². The van der Waals surface area contributed by atoms with Gasteiger partial charge in [0.1, 0.15) is 0 Å². The van der Waals surface area contributed by atoms with Gasteiger partial charge >= 0.3 is 0 Å². The summed E-state index contributed by atoms with van der Waals surface area (Å²) in [6, 6.07) is 23.8. The molecule has 11 nitrogen and oxygen atoms in total. The minimum absolute atomic E-state index is 0.0875. The number of hydrogen-bond donors (Lipinski definition) is 5. The fraction of sp³-hybridized carbons (Fsp3) is 0.323. The number of amides is 2. The zero-order valence-electron chi connectivity index (χ0n) is 24.0. The molecule has 1 aliphatic rings. The van der Waals surface area contributed by atoms with Gasteiger partial charge in [0.15, 0.2) is 11.2 Å². The van der Waals surface area contributed by atoms with Gasteiger partial charge in [0.05, 0.1) is 12.7 Å². The Morgan fingerprint density at radius 1 is 1.09 bits per heavy atom. The summed E-state index contributed by atoms with van der Waals surface area (Å²) in [5.41, 5.74) is 4.18. The normalized spacial score (nSPS) is 16.0. The van der Waals surface area contributed by atoms with Crippen LogP contribution in [0.1, 0.15) is 31.4 Å². The molecule has 0 radical (unpaired) electrons. The number of aliphatic hydroxyl groups excluding tert-OH is 2. The van der Waals surface area contributed by atoms with E-state index in [0.717, 1.165) is 32.7 Å². The van der Waals surface area contributed by atoms with Crippen LogP contribution < -0.4 is 10.6 Å². The summed E-state index contributed by atoms with van der Waals surface area (Å²) in [6.45, 7) is 4.25. The van der Waals surface area contributed by atoms with Crippen LogP contribution in [0.15, 0.2) is 77.7 Å². The fourth-order valence-corrected chi connectivity index (χ4v) is 6.08. The van der Waals surface area contributed by atoms with Crippen molar-refractivity contribution in [2.24, 2.45) is 0 Å². The van der Waals surface area contributed by atoms with Gasteiger partial charge in [-0.25, -0.2) is 5.10 Å². The number of rotatable bonds is 11. The lowest BCUT2D eigenvalue weighted by molar-refractivity contribution is -0.135. The molecule has 4 aromatic rings. The average Bonchev–Trinajstić information content (AvgIpc) is 3.51. The van der Waals surface area contributed by atoms with Gasteiger partial charge < -0.3 is 25.7 Å². The van der Waals surface area contributed by atoms with Gasteiger partial charge in [0, 0.05) is 42.1 Å². The van der Waals surface area contributed by atoms with Crippen LogP contribution in [0.4, 0.5) is 0 Å². The highest BCUT2D eigenvalue weighted by Crippen LogP contribution is 2.33. The molecule has 0 fully saturated rings. The van der Waals surface area contributed by atoms with E-state index < -0.39 is 17.0 Å². The van der Waals surface area contributed by atoms with E-state index in [9.17, 15) is 14.7 Å². The Bertz CT molecular complexity index is 1550. The second-order valence-electron chi connectivity index (χ2n) is 11.1. The highest BCUT2D eigenvalue weighted by Gasteiger charge is 2.33. The highest BCUT2D eigenvalue weighted by molar-refractivity contribution is 8.00. The standard InChI is InChI=1S/C31H35N7O4S/c1-31(2,32-16-23(40)19-39)15-27(41)33-29-30(42)38(18-22-7-3-6-10-26(22)43-29)17-20-11-13-21(14-12-20)24-8-4-5-9-25(24)28-34-36-37-35-28/h3-14,23,29,32,39-40H,15-19H2,1-2H3,(H,33,41)(H,34,35,36,37)/t23-,29+/m0/s1. The number of benzene rings is 3. The number of β-amino-alcohol motifs (C(OH)–C–C–N with tert-alkyl or cyclic N) is 1. The topological polar surface area (TPSA) is 156 Å². The van der Waals surface area contributed by atoms with Crippen molar-refractivity contribution >= 4 is 23.6 Å². The Hall–Kier alpha value is -4.10. The Labute approximate surface area is 254 Å². The lowest BCUT2D eigenvalue weighted by Gasteiger charge is -2.29. The number of carbonyl (C=O) groups is 2. The summed E-state index contributed by atoms with van der Waals surface area (Å²) in [7, 11) is 0. The van der Waals surface area contributed by atoms with Crippen molar-refractivity contribution in [1.82, 2.24) is 36.2 Å². The first-order valence-electron chi connectivity index (χ1n) is 14.0. The molecule has 0 bridgehead atoms. The predicted molar refractivity (Wildman–Crippen MR) is 163 cm³/mol. The molecule has 0 aliphatic carbocycles. The maximum absolute atomic E-state index is 13.8. The Kier molecular flexibility index (Phi) is 9.51. The van der Waals surface area contributed by atoms with Crippen molar-refractivity contribution < 1.29 is 19.8 Å². The van der Waals surface area contributed by atoms with Crippen molar-refractivity contribution in [1.29, 1.82) is 0 Å². The third-order valence-corrected chi connectivity index (χ3v) is 8.41. The van der Waals surface area contributed by atoms with Crippen LogP contribution in [0.3, 0.4) is 0 Å². The highest BCUT2D eigenvalue weighted by atomic mass is 32.2. The molecule has 1 aliphatic heterocycles. The van der Waals surface area contributed by atoms with E-state index in [1.807, 2.05) is 86.6 Å². The molecule has 0 spiro atoms. The maximum Gasteiger partial charge on any atom is 0.256 e. The van der Waals surface area contributed by atoms with Crippen LogP contribution >= 0.6 is 11.8 Å². The van der Waals surface area contributed by atoms with Gasteiger partial charge in [0.25, 0.3) is 5.91 Å². The summed E-state index contributed by atoms with van der Waals surface area (Å²) >= 11 is 1.34. The molecule has 2 heterocycles. The summed E-state index contributed by atoms with van der Waals surface area (Å²) in [6.07, 6.45) is -0.828. The van der Waals surface area contributed by atoms with Gasteiger partial charge in [-0.2, -0.15) is 0 Å². The number of aromatic amines is 1. The van der Waals surface area contributed by atoms with Crippen molar-refractivity contribution in [2.45, 2.75) is 55.3 Å². The average molecular weight is 602 g/mol. The lowest BCUT2D eigenvalue weighted by Crippen LogP contribution is -2.50. The van der Waals surface area contributed by atoms with Gasteiger partial charge in [-0.15, -0.1) is 5.10 Å². The zero-order valence-corrected chi connectivity index (χ0v) is 24.8. The molecule has 12 heteroatoms. The van der Waals surface area contributed by atoms with Crippen LogP contribution in [0.2, 0.25) is 0 Å². The monoisotopic (exact) mass is 601 g/mol. The molecular formula is C31H35N7O4S. The van der Waals surface area contributed by atoms with Crippen LogP contribution in [0, 0.1) is 0 Å². The smallest absolute Gasteiger partial charge is 0.256 e. The summed E-state index contributed by atoms with van der Waals surface area (Å²) in [4.78, 5) is 29.6. The Morgan fingerprint density at radius 2 is 1.81 bits per heavy atom. The Balaban J connectivity index is 1.31. The molecule has 43 heavy (non-hydrogen) atoms. The minimum atomic E-state index is -0.916. The molecular weight excluding hydrogens is 566 g/mol. The van der Waals surface area contributed by atoms with Crippen molar-refractivity contribution in [3.8, 4) is 22.5 Å². The minimum Gasteiger partial charge on any atom is -0.394 e. The number of thioether (sulfide) groups is 1. The van der Waals surface area contributed by atoms with Crippen LogP contribution in [-0.4, -0.2) is 77.7 Å². The predicted octanol–water partition coefficient (Wildman–Crippen LogP) is 2.72. The SMILES string of the molecule is CC(C)(CC(=O)N[C@@H]1Sc2ccccc2CN(Cc2ccc(-c3ccccc3-c3nnn[nH]3)cc2)C1=O)NC[C@H](O)CO. The second kappa shape index (κ2) is 13.5. The summed E-state index contributed by atoms with van der Waals surface area (Å²) in [5.74, 6) is 0.121. The van der Waals surface area contributed by atoms with E-state index in [1.54, 1.807) is 4.90 Å². The molecule has 0 saturated heterocycles. The third-order valence-electron chi connectivity index (χ3n) is 7.20.